The van der Waals surface area contributed by atoms with Gasteiger partial charge in [0.15, 0.2) is 0 Å². The summed E-state index contributed by atoms with van der Waals surface area (Å²) in [6.07, 6.45) is 5.11. The van der Waals surface area contributed by atoms with Crippen LogP contribution in [0.25, 0.3) is 0 Å². The van der Waals surface area contributed by atoms with E-state index in [2.05, 4.69) is 5.92 Å². The third kappa shape index (κ3) is 2.46. The van der Waals surface area contributed by atoms with Crippen molar-refractivity contribution in [3.8, 4) is 12.3 Å². The summed E-state index contributed by atoms with van der Waals surface area (Å²) in [5, 5.41) is 0. The minimum atomic E-state index is -0.288. The standard InChI is InChI=1S/C10H15NO2/c1-5-9(12)11-6-8(2)13-10(3,4)7-11/h1,8H,6-7H2,2-4H3. The summed E-state index contributed by atoms with van der Waals surface area (Å²) < 4.78 is 5.64. The Kier molecular flexibility index (Phi) is 2.63. The molecule has 0 aromatic rings. The Morgan fingerprint density at radius 3 is 2.77 bits per heavy atom. The highest BCUT2D eigenvalue weighted by Gasteiger charge is 2.32. The molecule has 72 valence electrons. The van der Waals surface area contributed by atoms with Crippen molar-refractivity contribution < 1.29 is 9.53 Å². The molecule has 0 aromatic carbocycles. The van der Waals surface area contributed by atoms with Crippen molar-refractivity contribution in [1.29, 1.82) is 0 Å². The number of hydrogen-bond acceptors (Lipinski definition) is 2. The zero-order chi connectivity index (χ0) is 10.1. The quantitative estimate of drug-likeness (QED) is 0.513. The topological polar surface area (TPSA) is 29.5 Å². The lowest BCUT2D eigenvalue weighted by Gasteiger charge is -2.40. The number of morpholine rings is 1. The number of carbonyl (C=O) groups excluding carboxylic acids is 1. The smallest absolute Gasteiger partial charge is 0.298 e. The fourth-order valence-corrected chi connectivity index (χ4v) is 1.70. The predicted molar refractivity (Wildman–Crippen MR) is 50.0 cm³/mol. The molecule has 0 aromatic heterocycles. The summed E-state index contributed by atoms with van der Waals surface area (Å²) in [4.78, 5) is 12.9. The van der Waals surface area contributed by atoms with Crippen molar-refractivity contribution in [3.63, 3.8) is 0 Å². The van der Waals surface area contributed by atoms with Gasteiger partial charge in [-0.2, -0.15) is 0 Å². The summed E-state index contributed by atoms with van der Waals surface area (Å²) in [7, 11) is 0. The molecule has 1 amide bonds. The van der Waals surface area contributed by atoms with Crippen LogP contribution in [0.5, 0.6) is 0 Å². The van der Waals surface area contributed by atoms with Gasteiger partial charge in [-0.05, 0) is 26.7 Å². The second-order valence-electron chi connectivity index (χ2n) is 4.02. The minimum Gasteiger partial charge on any atom is -0.369 e. The largest absolute Gasteiger partial charge is 0.369 e. The van der Waals surface area contributed by atoms with E-state index in [1.807, 2.05) is 20.8 Å². The van der Waals surface area contributed by atoms with Gasteiger partial charge in [0, 0.05) is 6.54 Å². The first-order chi connectivity index (χ1) is 5.94. The maximum absolute atomic E-state index is 11.2. The van der Waals surface area contributed by atoms with Crippen LogP contribution in [0, 0.1) is 12.3 Å². The summed E-state index contributed by atoms with van der Waals surface area (Å²) in [6.45, 7) is 7.02. The van der Waals surface area contributed by atoms with Crippen LogP contribution in [-0.2, 0) is 9.53 Å². The van der Waals surface area contributed by atoms with Crippen molar-refractivity contribution in [1.82, 2.24) is 4.90 Å². The summed E-state index contributed by atoms with van der Waals surface area (Å²) in [5.41, 5.74) is -0.288. The highest BCUT2D eigenvalue weighted by atomic mass is 16.5. The van der Waals surface area contributed by atoms with Gasteiger partial charge < -0.3 is 9.64 Å². The molecule has 1 heterocycles. The minimum absolute atomic E-state index is 0.0565. The third-order valence-electron chi connectivity index (χ3n) is 1.98. The van der Waals surface area contributed by atoms with Crippen molar-refractivity contribution >= 4 is 5.91 Å². The Bertz CT molecular complexity index is 252. The van der Waals surface area contributed by atoms with Crippen LogP contribution in [0.2, 0.25) is 0 Å². The number of rotatable bonds is 0. The monoisotopic (exact) mass is 181 g/mol. The Balaban J connectivity index is 2.69. The molecule has 0 radical (unpaired) electrons. The van der Waals surface area contributed by atoms with Crippen molar-refractivity contribution in [3.05, 3.63) is 0 Å². The molecule has 0 spiro atoms. The van der Waals surface area contributed by atoms with Crippen LogP contribution >= 0.6 is 0 Å². The number of carbonyl (C=O) groups is 1. The first kappa shape index (κ1) is 10.1. The van der Waals surface area contributed by atoms with E-state index in [1.165, 1.54) is 0 Å². The molecule has 1 unspecified atom stereocenters. The van der Waals surface area contributed by atoms with Crippen LogP contribution in [0.3, 0.4) is 0 Å². The highest BCUT2D eigenvalue weighted by Crippen LogP contribution is 2.20. The average Bonchev–Trinajstić information content (AvgIpc) is 1.99. The van der Waals surface area contributed by atoms with Crippen molar-refractivity contribution in [2.45, 2.75) is 32.5 Å². The lowest BCUT2D eigenvalue weighted by atomic mass is 10.1. The number of amides is 1. The number of nitrogens with zero attached hydrogens (tertiary/aromatic N) is 1. The van der Waals surface area contributed by atoms with E-state index in [-0.39, 0.29) is 17.6 Å². The second kappa shape index (κ2) is 3.39. The molecule has 1 aliphatic heterocycles. The zero-order valence-electron chi connectivity index (χ0n) is 8.33. The lowest BCUT2D eigenvalue weighted by molar-refractivity contribution is -0.153. The van der Waals surface area contributed by atoms with Crippen molar-refractivity contribution in [2.75, 3.05) is 13.1 Å². The van der Waals surface area contributed by atoms with Gasteiger partial charge in [0.2, 0.25) is 0 Å². The molecule has 3 nitrogen and oxygen atoms in total. The van der Waals surface area contributed by atoms with E-state index < -0.39 is 0 Å². The number of terminal acetylenes is 1. The average molecular weight is 181 g/mol. The first-order valence-electron chi connectivity index (χ1n) is 4.38. The molecular weight excluding hydrogens is 166 g/mol. The van der Waals surface area contributed by atoms with E-state index >= 15 is 0 Å². The van der Waals surface area contributed by atoms with E-state index in [0.29, 0.717) is 13.1 Å². The van der Waals surface area contributed by atoms with Crippen LogP contribution < -0.4 is 0 Å². The molecule has 0 N–H and O–H groups in total. The summed E-state index contributed by atoms with van der Waals surface area (Å²) in [6, 6.07) is 0. The van der Waals surface area contributed by atoms with Crippen LogP contribution in [0.15, 0.2) is 0 Å². The van der Waals surface area contributed by atoms with Gasteiger partial charge in [-0.25, -0.2) is 0 Å². The second-order valence-corrected chi connectivity index (χ2v) is 4.02. The van der Waals surface area contributed by atoms with Gasteiger partial charge in [0.05, 0.1) is 18.2 Å². The summed E-state index contributed by atoms with van der Waals surface area (Å²) in [5.74, 6) is 1.88. The Labute approximate surface area is 79.1 Å². The maximum atomic E-state index is 11.2. The highest BCUT2D eigenvalue weighted by molar-refractivity contribution is 5.93. The maximum Gasteiger partial charge on any atom is 0.298 e. The molecule has 1 fully saturated rings. The molecule has 1 aliphatic rings. The molecular formula is C10H15NO2. The van der Waals surface area contributed by atoms with Crippen LogP contribution in [-0.4, -0.2) is 35.6 Å². The SMILES string of the molecule is C#CC(=O)N1CC(C)OC(C)(C)C1. The zero-order valence-corrected chi connectivity index (χ0v) is 8.33. The van der Waals surface area contributed by atoms with E-state index in [4.69, 9.17) is 11.2 Å². The molecule has 0 aliphatic carbocycles. The van der Waals surface area contributed by atoms with Gasteiger partial charge in [0.1, 0.15) is 0 Å². The molecule has 0 bridgehead atoms. The molecule has 3 heteroatoms. The predicted octanol–water partition coefficient (Wildman–Crippen LogP) is 0.646. The van der Waals surface area contributed by atoms with Gasteiger partial charge >= 0.3 is 0 Å². The first-order valence-corrected chi connectivity index (χ1v) is 4.38. The van der Waals surface area contributed by atoms with Gasteiger partial charge in [-0.3, -0.25) is 4.79 Å². The Hall–Kier alpha value is -1.01. The van der Waals surface area contributed by atoms with Gasteiger partial charge in [-0.15, -0.1) is 6.42 Å². The fraction of sp³-hybridized carbons (Fsp3) is 0.700. The van der Waals surface area contributed by atoms with Crippen LogP contribution in [0.1, 0.15) is 20.8 Å². The van der Waals surface area contributed by atoms with E-state index in [0.717, 1.165) is 0 Å². The third-order valence-corrected chi connectivity index (χ3v) is 1.98. The number of ether oxygens (including phenoxy) is 1. The Morgan fingerprint density at radius 2 is 2.31 bits per heavy atom. The van der Waals surface area contributed by atoms with Crippen LogP contribution in [0.4, 0.5) is 0 Å². The normalized spacial score (nSPS) is 26.6. The summed E-state index contributed by atoms with van der Waals surface area (Å²) >= 11 is 0. The molecule has 0 saturated carbocycles. The van der Waals surface area contributed by atoms with E-state index in [1.54, 1.807) is 4.90 Å². The molecule has 1 atom stereocenters. The Morgan fingerprint density at radius 1 is 1.69 bits per heavy atom. The fourth-order valence-electron chi connectivity index (χ4n) is 1.70. The molecule has 1 saturated heterocycles. The lowest BCUT2D eigenvalue weighted by Crippen LogP contribution is -2.53. The van der Waals surface area contributed by atoms with Gasteiger partial charge in [0.25, 0.3) is 5.91 Å². The van der Waals surface area contributed by atoms with Crippen molar-refractivity contribution in [2.24, 2.45) is 0 Å². The number of hydrogen-bond donors (Lipinski definition) is 0. The molecule has 1 rings (SSSR count). The molecule has 13 heavy (non-hydrogen) atoms. The van der Waals surface area contributed by atoms with Gasteiger partial charge in [-0.1, -0.05) is 0 Å². The van der Waals surface area contributed by atoms with E-state index in [9.17, 15) is 4.79 Å².